The number of non-ortho nitro benzene ring substituents is 1. The Morgan fingerprint density at radius 1 is 1.45 bits per heavy atom. The highest BCUT2D eigenvalue weighted by atomic mass is 32.2. The average molecular weight is 298 g/mol. The van der Waals surface area contributed by atoms with Gasteiger partial charge in [-0.25, -0.2) is 8.42 Å². The number of nitrogens with zero attached hydrogens (tertiary/aromatic N) is 3. The van der Waals surface area contributed by atoms with Gasteiger partial charge in [-0.2, -0.15) is 4.98 Å². The lowest BCUT2D eigenvalue weighted by atomic mass is 10.1. The first-order chi connectivity index (χ1) is 9.26. The second kappa shape index (κ2) is 4.89. The Balaban J connectivity index is 2.42. The molecule has 2 N–H and O–H groups in total. The van der Waals surface area contributed by atoms with Crippen molar-refractivity contribution in [3.8, 4) is 11.5 Å². The Bertz CT molecular complexity index is 768. The summed E-state index contributed by atoms with van der Waals surface area (Å²) in [4.78, 5) is 14.0. The number of hydrogen-bond donors (Lipinski definition) is 1. The van der Waals surface area contributed by atoms with Crippen LogP contribution in [0.4, 0.5) is 11.4 Å². The van der Waals surface area contributed by atoms with E-state index in [1.54, 1.807) is 0 Å². The van der Waals surface area contributed by atoms with Crippen molar-refractivity contribution in [1.29, 1.82) is 0 Å². The summed E-state index contributed by atoms with van der Waals surface area (Å²) in [5, 5.41) is 14.2. The molecule has 1 aromatic carbocycles. The highest BCUT2D eigenvalue weighted by Crippen LogP contribution is 2.28. The van der Waals surface area contributed by atoms with E-state index in [1.807, 2.05) is 0 Å². The standard InChI is InChI=1S/C10H10N4O5S/c1-20(17,18)5-9-12-10(19-13-9)7-4-6(14(15)16)2-3-8(7)11/h2-4H,5,11H2,1H3. The van der Waals surface area contributed by atoms with E-state index in [-0.39, 0.29) is 34.4 Å². The molecule has 106 valence electrons. The highest BCUT2D eigenvalue weighted by Gasteiger charge is 2.18. The van der Waals surface area contributed by atoms with E-state index in [2.05, 4.69) is 10.1 Å². The maximum absolute atomic E-state index is 11.1. The van der Waals surface area contributed by atoms with Crippen molar-refractivity contribution in [2.75, 3.05) is 12.0 Å². The number of nitrogens with two attached hydrogens (primary N) is 1. The van der Waals surface area contributed by atoms with E-state index >= 15 is 0 Å². The van der Waals surface area contributed by atoms with Crippen LogP contribution < -0.4 is 5.73 Å². The van der Waals surface area contributed by atoms with Crippen LogP contribution in [0.15, 0.2) is 22.7 Å². The fourth-order valence-electron chi connectivity index (χ4n) is 1.50. The van der Waals surface area contributed by atoms with Crippen molar-refractivity contribution in [3.05, 3.63) is 34.1 Å². The van der Waals surface area contributed by atoms with Gasteiger partial charge in [0.1, 0.15) is 5.75 Å². The molecule has 0 radical (unpaired) electrons. The minimum absolute atomic E-state index is 0.0339. The summed E-state index contributed by atoms with van der Waals surface area (Å²) in [5.74, 6) is -0.482. The summed E-state index contributed by atoms with van der Waals surface area (Å²) in [6.45, 7) is 0. The molecule has 0 atom stereocenters. The van der Waals surface area contributed by atoms with Crippen LogP contribution in [0.1, 0.15) is 5.82 Å². The van der Waals surface area contributed by atoms with E-state index in [0.717, 1.165) is 6.26 Å². The lowest BCUT2D eigenvalue weighted by Crippen LogP contribution is -2.02. The van der Waals surface area contributed by atoms with Crippen LogP contribution in [-0.4, -0.2) is 29.7 Å². The molecule has 0 bridgehead atoms. The molecule has 0 aliphatic heterocycles. The minimum Gasteiger partial charge on any atom is -0.398 e. The van der Waals surface area contributed by atoms with E-state index in [4.69, 9.17) is 10.3 Å². The molecule has 0 aliphatic carbocycles. The first kappa shape index (κ1) is 13.9. The van der Waals surface area contributed by atoms with Crippen molar-refractivity contribution in [1.82, 2.24) is 10.1 Å². The topological polar surface area (TPSA) is 142 Å². The Labute approximate surface area is 113 Å². The molecule has 0 aliphatic rings. The highest BCUT2D eigenvalue weighted by molar-refractivity contribution is 7.89. The van der Waals surface area contributed by atoms with Gasteiger partial charge in [-0.3, -0.25) is 10.1 Å². The van der Waals surface area contributed by atoms with Gasteiger partial charge in [0.25, 0.3) is 11.6 Å². The number of nitro groups is 1. The monoisotopic (exact) mass is 298 g/mol. The van der Waals surface area contributed by atoms with E-state index in [0.29, 0.717) is 0 Å². The lowest BCUT2D eigenvalue weighted by Gasteiger charge is -1.99. The SMILES string of the molecule is CS(=O)(=O)Cc1noc(-c2cc([N+](=O)[O-])ccc2N)n1. The Morgan fingerprint density at radius 2 is 2.15 bits per heavy atom. The molecular weight excluding hydrogens is 288 g/mol. The number of sulfone groups is 1. The van der Waals surface area contributed by atoms with Crippen LogP contribution in [0, 0.1) is 10.1 Å². The zero-order chi connectivity index (χ0) is 14.9. The number of anilines is 1. The van der Waals surface area contributed by atoms with E-state index in [9.17, 15) is 18.5 Å². The predicted octanol–water partition coefficient (Wildman–Crippen LogP) is 0.772. The Kier molecular flexibility index (Phi) is 3.40. The number of benzene rings is 1. The van der Waals surface area contributed by atoms with Gasteiger partial charge in [0.2, 0.25) is 0 Å². The largest absolute Gasteiger partial charge is 0.398 e. The number of nitro benzene ring substituents is 1. The molecule has 10 heteroatoms. The molecule has 0 unspecified atom stereocenters. The molecule has 2 aromatic rings. The second-order valence-electron chi connectivity index (χ2n) is 4.11. The number of rotatable bonds is 4. The molecular formula is C10H10N4O5S. The summed E-state index contributed by atoms with van der Waals surface area (Å²) in [6.07, 6.45) is 1.03. The molecule has 0 spiro atoms. The number of nitrogen functional groups attached to an aromatic ring is 1. The van der Waals surface area contributed by atoms with Crippen molar-refractivity contribution in [2.45, 2.75) is 5.75 Å². The van der Waals surface area contributed by atoms with Crippen LogP contribution in [0.5, 0.6) is 0 Å². The predicted molar refractivity (Wildman–Crippen MR) is 69.3 cm³/mol. The van der Waals surface area contributed by atoms with Gasteiger partial charge in [-0.05, 0) is 6.07 Å². The van der Waals surface area contributed by atoms with Crippen LogP contribution in [0.3, 0.4) is 0 Å². The fraction of sp³-hybridized carbons (Fsp3) is 0.200. The van der Waals surface area contributed by atoms with Crippen LogP contribution in [0.2, 0.25) is 0 Å². The van der Waals surface area contributed by atoms with Crippen molar-refractivity contribution in [3.63, 3.8) is 0 Å². The summed E-state index contributed by atoms with van der Waals surface area (Å²) in [5.41, 5.74) is 5.91. The molecule has 0 fully saturated rings. The lowest BCUT2D eigenvalue weighted by molar-refractivity contribution is -0.384. The maximum atomic E-state index is 11.1. The van der Waals surface area contributed by atoms with Gasteiger partial charge >= 0.3 is 0 Å². The number of hydrogen-bond acceptors (Lipinski definition) is 8. The Hall–Kier alpha value is -2.49. The van der Waals surface area contributed by atoms with Gasteiger partial charge in [0.15, 0.2) is 15.7 Å². The molecule has 0 saturated carbocycles. The van der Waals surface area contributed by atoms with E-state index < -0.39 is 14.8 Å². The normalized spacial score (nSPS) is 11.4. The molecule has 0 amide bonds. The van der Waals surface area contributed by atoms with Gasteiger partial charge in [0, 0.05) is 24.1 Å². The van der Waals surface area contributed by atoms with Gasteiger partial charge in [-0.15, -0.1) is 0 Å². The first-order valence-corrected chi connectivity index (χ1v) is 7.37. The average Bonchev–Trinajstić information content (AvgIpc) is 2.75. The van der Waals surface area contributed by atoms with Gasteiger partial charge in [0.05, 0.1) is 10.5 Å². The van der Waals surface area contributed by atoms with E-state index in [1.165, 1.54) is 18.2 Å². The summed E-state index contributed by atoms with van der Waals surface area (Å²) in [7, 11) is -3.30. The zero-order valence-electron chi connectivity index (χ0n) is 10.3. The summed E-state index contributed by atoms with van der Waals surface area (Å²) >= 11 is 0. The molecule has 0 saturated heterocycles. The minimum atomic E-state index is -3.30. The van der Waals surface area contributed by atoms with Gasteiger partial charge in [-0.1, -0.05) is 5.16 Å². The summed E-state index contributed by atoms with van der Waals surface area (Å²) in [6, 6.07) is 3.77. The molecule has 20 heavy (non-hydrogen) atoms. The molecule has 1 aromatic heterocycles. The van der Waals surface area contributed by atoms with Crippen molar-refractivity contribution >= 4 is 21.2 Å². The van der Waals surface area contributed by atoms with Crippen LogP contribution in [-0.2, 0) is 15.6 Å². The summed E-state index contributed by atoms with van der Waals surface area (Å²) < 4.78 is 27.1. The van der Waals surface area contributed by atoms with Gasteiger partial charge < -0.3 is 10.3 Å². The first-order valence-electron chi connectivity index (χ1n) is 5.31. The third kappa shape index (κ3) is 3.09. The smallest absolute Gasteiger partial charge is 0.270 e. The Morgan fingerprint density at radius 3 is 2.75 bits per heavy atom. The molecule has 9 nitrogen and oxygen atoms in total. The van der Waals surface area contributed by atoms with Crippen LogP contribution in [0.25, 0.3) is 11.5 Å². The maximum Gasteiger partial charge on any atom is 0.270 e. The molecule has 1 heterocycles. The fourth-order valence-corrected chi connectivity index (χ4v) is 2.09. The third-order valence-electron chi connectivity index (χ3n) is 2.34. The molecule has 2 rings (SSSR count). The third-order valence-corrected chi connectivity index (χ3v) is 3.12. The second-order valence-corrected chi connectivity index (χ2v) is 6.25. The van der Waals surface area contributed by atoms with Crippen molar-refractivity contribution in [2.24, 2.45) is 0 Å². The number of aromatic nitrogens is 2. The quantitative estimate of drug-likeness (QED) is 0.495. The van der Waals surface area contributed by atoms with Crippen molar-refractivity contribution < 1.29 is 17.9 Å². The van der Waals surface area contributed by atoms with Crippen LogP contribution >= 0.6 is 0 Å². The zero-order valence-corrected chi connectivity index (χ0v) is 11.1.